The molecule has 31 heavy (non-hydrogen) atoms. The number of carbonyl (C=O) groups excluding carboxylic acids is 1. The molecule has 1 amide bonds. The van der Waals surface area contributed by atoms with Crippen molar-refractivity contribution in [3.63, 3.8) is 0 Å². The molecule has 4 rings (SSSR count). The zero-order valence-electron chi connectivity index (χ0n) is 16.5. The van der Waals surface area contributed by atoms with Crippen LogP contribution in [0.15, 0.2) is 58.1 Å². The van der Waals surface area contributed by atoms with Gasteiger partial charge in [-0.2, -0.15) is 13.2 Å². The van der Waals surface area contributed by atoms with Crippen molar-refractivity contribution in [3.8, 4) is 0 Å². The number of rotatable bonds is 3. The maximum atomic E-state index is 13.2. The molecular formula is C22H20F3N3O3. The molecule has 1 saturated heterocycles. The van der Waals surface area contributed by atoms with Gasteiger partial charge in [0.1, 0.15) is 6.54 Å². The van der Waals surface area contributed by atoms with Gasteiger partial charge < -0.3 is 4.90 Å². The van der Waals surface area contributed by atoms with Crippen LogP contribution in [0, 0.1) is 0 Å². The number of hydrogen-bond acceptors (Lipinski definition) is 3. The number of halogens is 3. The molecular weight excluding hydrogens is 411 g/mol. The molecule has 0 bridgehead atoms. The lowest BCUT2D eigenvalue weighted by molar-refractivity contribution is -0.137. The first-order chi connectivity index (χ1) is 14.8. The van der Waals surface area contributed by atoms with Gasteiger partial charge >= 0.3 is 11.9 Å². The molecule has 0 spiro atoms. The molecule has 1 aliphatic heterocycles. The summed E-state index contributed by atoms with van der Waals surface area (Å²) in [7, 11) is 0. The summed E-state index contributed by atoms with van der Waals surface area (Å²) >= 11 is 0. The van der Waals surface area contributed by atoms with Crippen LogP contribution in [0.25, 0.3) is 10.9 Å². The highest BCUT2D eigenvalue weighted by Crippen LogP contribution is 2.35. The zero-order valence-corrected chi connectivity index (χ0v) is 16.5. The van der Waals surface area contributed by atoms with Gasteiger partial charge in [-0.15, -0.1) is 0 Å². The molecule has 1 N–H and O–H groups in total. The average Bonchev–Trinajstić information content (AvgIpc) is 2.76. The molecule has 0 aliphatic carbocycles. The van der Waals surface area contributed by atoms with E-state index >= 15 is 0 Å². The number of H-pyrrole nitrogens is 1. The second-order valence-corrected chi connectivity index (χ2v) is 7.58. The van der Waals surface area contributed by atoms with Crippen molar-refractivity contribution in [1.82, 2.24) is 14.5 Å². The Morgan fingerprint density at radius 2 is 1.84 bits per heavy atom. The number of aromatic amines is 1. The highest BCUT2D eigenvalue weighted by atomic mass is 19.4. The first-order valence-electron chi connectivity index (χ1n) is 9.94. The number of likely N-dealkylation sites (tertiary alicyclic amines) is 1. The second kappa shape index (κ2) is 8.05. The Hall–Kier alpha value is -3.36. The Kier molecular flexibility index (Phi) is 5.43. The van der Waals surface area contributed by atoms with Crippen molar-refractivity contribution in [1.29, 1.82) is 0 Å². The number of nitrogens with one attached hydrogen (secondary N) is 1. The van der Waals surface area contributed by atoms with E-state index in [0.29, 0.717) is 24.0 Å². The molecule has 1 aliphatic rings. The van der Waals surface area contributed by atoms with Crippen molar-refractivity contribution < 1.29 is 18.0 Å². The van der Waals surface area contributed by atoms with E-state index in [9.17, 15) is 27.6 Å². The van der Waals surface area contributed by atoms with Gasteiger partial charge in [0.05, 0.1) is 22.5 Å². The summed E-state index contributed by atoms with van der Waals surface area (Å²) in [5.74, 6) is -0.388. The second-order valence-electron chi connectivity index (χ2n) is 7.58. The number of aromatic nitrogens is 2. The smallest absolute Gasteiger partial charge is 0.334 e. The van der Waals surface area contributed by atoms with Crippen LogP contribution >= 0.6 is 0 Å². The normalized spacial score (nSPS) is 17.1. The maximum Gasteiger partial charge on any atom is 0.416 e. The lowest BCUT2D eigenvalue weighted by atomic mass is 9.94. The summed E-state index contributed by atoms with van der Waals surface area (Å²) in [6.07, 6.45) is -2.43. The Morgan fingerprint density at radius 3 is 2.61 bits per heavy atom. The minimum Gasteiger partial charge on any atom is -0.334 e. The highest BCUT2D eigenvalue weighted by molar-refractivity contribution is 5.82. The highest BCUT2D eigenvalue weighted by Gasteiger charge is 2.33. The van der Waals surface area contributed by atoms with E-state index in [4.69, 9.17) is 0 Å². The van der Waals surface area contributed by atoms with E-state index in [2.05, 4.69) is 4.98 Å². The molecule has 2 aromatic carbocycles. The van der Waals surface area contributed by atoms with Crippen molar-refractivity contribution in [2.24, 2.45) is 0 Å². The van der Waals surface area contributed by atoms with E-state index in [1.165, 1.54) is 15.5 Å². The number of carbonyl (C=O) groups is 1. The largest absolute Gasteiger partial charge is 0.416 e. The van der Waals surface area contributed by atoms with Crippen LogP contribution in [0.5, 0.6) is 0 Å². The monoisotopic (exact) mass is 431 g/mol. The van der Waals surface area contributed by atoms with Crippen LogP contribution in [0.1, 0.15) is 36.4 Å². The topological polar surface area (TPSA) is 75.2 Å². The predicted molar refractivity (Wildman–Crippen MR) is 109 cm³/mol. The molecule has 162 valence electrons. The van der Waals surface area contributed by atoms with Gasteiger partial charge in [-0.25, -0.2) is 4.79 Å². The molecule has 9 heteroatoms. The van der Waals surface area contributed by atoms with E-state index in [-0.39, 0.29) is 17.8 Å². The number of amides is 1. The van der Waals surface area contributed by atoms with Crippen molar-refractivity contribution >= 4 is 16.8 Å². The van der Waals surface area contributed by atoms with Crippen LogP contribution in [-0.2, 0) is 17.5 Å². The molecule has 0 radical (unpaired) electrons. The fourth-order valence-corrected chi connectivity index (χ4v) is 4.12. The standard InChI is InChI=1S/C22H20F3N3O3/c23-22(24,25)15-7-5-6-14(12-15)17-9-3-4-11-27(17)19(29)13-28-18-10-2-1-8-16(18)20(30)26-21(28)31/h1-2,5-8,10,12,17H,3-4,9,11,13H2,(H,26,30,31). The number of para-hydroxylation sites is 1. The molecule has 2 heterocycles. The fourth-order valence-electron chi connectivity index (χ4n) is 4.12. The first kappa shape index (κ1) is 20.9. The molecule has 0 saturated carbocycles. The molecule has 1 fully saturated rings. The quantitative estimate of drug-likeness (QED) is 0.690. The van der Waals surface area contributed by atoms with Crippen LogP contribution in [0.3, 0.4) is 0 Å². The lowest BCUT2D eigenvalue weighted by Gasteiger charge is -2.36. The molecule has 3 aromatic rings. The van der Waals surface area contributed by atoms with Crippen molar-refractivity contribution in [2.75, 3.05) is 6.54 Å². The minimum atomic E-state index is -4.47. The Balaban J connectivity index is 1.68. The molecule has 1 unspecified atom stereocenters. The van der Waals surface area contributed by atoms with E-state index in [0.717, 1.165) is 25.0 Å². The number of benzene rings is 2. The van der Waals surface area contributed by atoms with Crippen LogP contribution in [-0.4, -0.2) is 26.9 Å². The third kappa shape index (κ3) is 4.12. The summed E-state index contributed by atoms with van der Waals surface area (Å²) in [6.45, 7) is 0.0708. The summed E-state index contributed by atoms with van der Waals surface area (Å²) in [4.78, 5) is 41.3. The number of nitrogens with zero attached hydrogens (tertiary/aromatic N) is 2. The molecule has 6 nitrogen and oxygen atoms in total. The van der Waals surface area contributed by atoms with Crippen molar-refractivity contribution in [3.05, 3.63) is 80.5 Å². The van der Waals surface area contributed by atoms with Crippen LogP contribution in [0.4, 0.5) is 13.2 Å². The third-order valence-corrected chi connectivity index (χ3v) is 5.62. The number of fused-ring (bicyclic) bond motifs is 1. The summed E-state index contributed by atoms with van der Waals surface area (Å²) < 4.78 is 40.7. The van der Waals surface area contributed by atoms with E-state index in [1.54, 1.807) is 30.3 Å². The number of alkyl halides is 3. The maximum absolute atomic E-state index is 13.2. The summed E-state index contributed by atoms with van der Waals surface area (Å²) in [5, 5.41) is 0.281. The summed E-state index contributed by atoms with van der Waals surface area (Å²) in [6, 6.07) is 11.0. The van der Waals surface area contributed by atoms with Gasteiger partial charge in [0.2, 0.25) is 5.91 Å². The molecule has 1 aromatic heterocycles. The van der Waals surface area contributed by atoms with Gasteiger partial charge in [0.25, 0.3) is 5.56 Å². The van der Waals surface area contributed by atoms with E-state index in [1.807, 2.05) is 0 Å². The van der Waals surface area contributed by atoms with Gasteiger partial charge in [0, 0.05) is 6.54 Å². The fraction of sp³-hybridized carbons (Fsp3) is 0.318. The van der Waals surface area contributed by atoms with Gasteiger partial charge in [-0.05, 0) is 49.1 Å². The van der Waals surface area contributed by atoms with Crippen LogP contribution < -0.4 is 11.2 Å². The zero-order chi connectivity index (χ0) is 22.2. The third-order valence-electron chi connectivity index (χ3n) is 5.62. The summed E-state index contributed by atoms with van der Waals surface area (Å²) in [5.41, 5.74) is -1.25. The first-order valence-corrected chi connectivity index (χ1v) is 9.94. The lowest BCUT2D eigenvalue weighted by Crippen LogP contribution is -2.42. The van der Waals surface area contributed by atoms with Gasteiger partial charge in [-0.1, -0.05) is 24.3 Å². The van der Waals surface area contributed by atoms with E-state index < -0.39 is 29.0 Å². The van der Waals surface area contributed by atoms with Crippen LogP contribution in [0.2, 0.25) is 0 Å². The predicted octanol–water partition coefficient (Wildman–Crippen LogP) is 3.46. The van der Waals surface area contributed by atoms with Crippen molar-refractivity contribution in [2.45, 2.75) is 38.0 Å². The Labute approximate surface area is 174 Å². The average molecular weight is 431 g/mol. The van der Waals surface area contributed by atoms with Gasteiger partial charge in [0.15, 0.2) is 0 Å². The number of hydrogen-bond donors (Lipinski definition) is 1. The Bertz CT molecular complexity index is 1250. The number of piperidine rings is 1. The molecule has 1 atom stereocenters. The SMILES string of the molecule is O=C(Cn1c(=O)[nH]c(=O)c2ccccc21)N1CCCCC1c1cccc(C(F)(F)F)c1. The Morgan fingerprint density at radius 1 is 1.06 bits per heavy atom. The van der Waals surface area contributed by atoms with Gasteiger partial charge in [-0.3, -0.25) is 19.1 Å². The minimum absolute atomic E-state index is 0.281.